The molecule has 22 rings (SSSR count). The molecule has 0 unspecified atom stereocenters. The van der Waals surface area contributed by atoms with Crippen LogP contribution in [0.25, 0.3) is 199 Å². The highest BCUT2D eigenvalue weighted by Crippen LogP contribution is 2.45. The Labute approximate surface area is 582 Å². The largest absolute Gasteiger partial charge is 0.452 e. The van der Waals surface area contributed by atoms with E-state index >= 15 is 0 Å². The molecule has 0 spiro atoms. The van der Waals surface area contributed by atoms with Crippen LogP contribution in [0.5, 0.6) is 0 Å². The summed E-state index contributed by atoms with van der Waals surface area (Å²) in [6.07, 6.45) is 3.26. The summed E-state index contributed by atoms with van der Waals surface area (Å²) in [5.41, 5.74) is 26.8. The van der Waals surface area contributed by atoms with Crippen molar-refractivity contribution in [2.75, 3.05) is 0 Å². The number of hydrogen-bond donors (Lipinski definition) is 0. The van der Waals surface area contributed by atoms with E-state index in [9.17, 15) is 0 Å². The lowest BCUT2D eigenvalue weighted by molar-refractivity contribution is 0.667. The van der Waals surface area contributed by atoms with Crippen molar-refractivity contribution in [1.29, 1.82) is 0 Å². The lowest BCUT2D eigenvalue weighted by Gasteiger charge is -2.11. The summed E-state index contributed by atoms with van der Waals surface area (Å²) in [5, 5.41) is 11.9. The number of benzene rings is 14. The minimum Gasteiger partial charge on any atom is -0.452 e. The molecule has 0 aliphatic heterocycles. The van der Waals surface area contributed by atoms with Gasteiger partial charge in [0.1, 0.15) is 46.2 Å². The Balaban J connectivity index is 0.000000133. The van der Waals surface area contributed by atoms with Gasteiger partial charge >= 0.3 is 0 Å². The normalized spacial score (nSPS) is 11.9. The molecule has 0 saturated heterocycles. The number of nitrogens with zero attached hydrogens (tertiary/aromatic N) is 8. The lowest BCUT2D eigenvalue weighted by atomic mass is 9.98. The predicted molar refractivity (Wildman–Crippen MR) is 418 cm³/mol. The third-order valence-electron chi connectivity index (χ3n) is 20.5. The van der Waals surface area contributed by atoms with Gasteiger partial charge < -0.3 is 27.1 Å². The summed E-state index contributed by atoms with van der Waals surface area (Å²) in [7, 11) is 0. The van der Waals surface area contributed by atoms with Gasteiger partial charge in [0.05, 0.1) is 44.1 Å². The first-order chi connectivity index (χ1) is 50.6. The van der Waals surface area contributed by atoms with Crippen LogP contribution in [-0.2, 0) is 0 Å². The van der Waals surface area contributed by atoms with Crippen molar-refractivity contribution in [3.63, 3.8) is 0 Å². The highest BCUT2D eigenvalue weighted by Gasteiger charge is 2.24. The molecule has 0 radical (unpaired) electrons. The molecule has 10 heteroatoms. The summed E-state index contributed by atoms with van der Waals surface area (Å²) in [6.45, 7) is 0. The van der Waals surface area contributed by atoms with Crippen LogP contribution in [0.2, 0.25) is 0 Å². The van der Waals surface area contributed by atoms with Gasteiger partial charge in [0.2, 0.25) is 0 Å². The van der Waals surface area contributed by atoms with Crippen molar-refractivity contribution in [2.24, 2.45) is 0 Å². The fraction of sp³-hybridized carbons (Fsp3) is 0. The average Bonchev–Trinajstić information content (AvgIpc) is 1.57. The van der Waals surface area contributed by atoms with Crippen LogP contribution in [0.15, 0.2) is 349 Å². The van der Waals surface area contributed by atoms with Gasteiger partial charge in [-0.05, 0) is 144 Å². The van der Waals surface area contributed by atoms with Crippen molar-refractivity contribution >= 4 is 131 Å². The van der Waals surface area contributed by atoms with E-state index in [1.165, 1.54) is 87.4 Å². The molecule has 0 aliphatic rings. The van der Waals surface area contributed by atoms with E-state index in [0.717, 1.165) is 100 Å². The van der Waals surface area contributed by atoms with Gasteiger partial charge in [-0.3, -0.25) is 0 Å². The van der Waals surface area contributed by atoms with Gasteiger partial charge in [0.15, 0.2) is 11.2 Å². The predicted octanol–water partition coefficient (Wildman–Crippen LogP) is 23.8. The van der Waals surface area contributed by atoms with E-state index in [4.69, 9.17) is 13.8 Å². The van der Waals surface area contributed by atoms with Crippen LogP contribution in [-0.4, -0.2) is 38.2 Å². The molecule has 476 valence electrons. The molecule has 0 saturated carbocycles. The van der Waals surface area contributed by atoms with Crippen molar-refractivity contribution in [3.8, 4) is 67.5 Å². The number of furan rings is 2. The molecule has 8 aromatic heterocycles. The molecule has 0 fully saturated rings. The molecule has 0 atom stereocenters. The minimum absolute atomic E-state index is 0.698. The third kappa shape index (κ3) is 8.79. The van der Waals surface area contributed by atoms with Gasteiger partial charge in [-0.2, -0.15) is 0 Å². The van der Waals surface area contributed by atoms with E-state index in [0.29, 0.717) is 11.2 Å². The fourth-order valence-corrected chi connectivity index (χ4v) is 16.1. The second kappa shape index (κ2) is 22.8. The van der Waals surface area contributed by atoms with Crippen molar-refractivity contribution < 1.29 is 8.83 Å². The molecule has 8 heterocycles. The smallest absolute Gasteiger partial charge is 0.180 e. The second-order valence-corrected chi connectivity index (χ2v) is 26.0. The Hall–Kier alpha value is -14.0. The molecule has 0 N–H and O–H groups in total. The summed E-state index contributed by atoms with van der Waals surface area (Å²) in [6, 6.07) is 116. The van der Waals surface area contributed by atoms with Crippen LogP contribution in [0.1, 0.15) is 0 Å². The summed E-state index contributed by atoms with van der Waals surface area (Å²) in [5.74, 6) is 0. The lowest BCUT2D eigenvalue weighted by Crippen LogP contribution is -1.95. The highest BCUT2D eigenvalue weighted by atomic mass is 16.3. The molecular weight excluding hydrogens is 1250 g/mol. The van der Waals surface area contributed by atoms with E-state index in [1.54, 1.807) is 12.7 Å². The molecule has 0 aliphatic carbocycles. The van der Waals surface area contributed by atoms with Crippen LogP contribution >= 0.6 is 0 Å². The van der Waals surface area contributed by atoms with Gasteiger partial charge in [-0.25, -0.2) is 19.9 Å². The minimum atomic E-state index is 0.698. The maximum Gasteiger partial charge on any atom is 0.180 e. The second-order valence-electron chi connectivity index (χ2n) is 26.0. The molecule has 22 aromatic rings. The molecule has 10 nitrogen and oxygen atoms in total. The maximum atomic E-state index is 6.33. The zero-order chi connectivity index (χ0) is 66.9. The van der Waals surface area contributed by atoms with Crippen molar-refractivity contribution in [3.05, 3.63) is 340 Å². The third-order valence-corrected chi connectivity index (χ3v) is 20.5. The topological polar surface area (TPSA) is 97.6 Å². The van der Waals surface area contributed by atoms with E-state index < -0.39 is 0 Å². The quantitative estimate of drug-likeness (QED) is 0.150. The van der Waals surface area contributed by atoms with E-state index in [-0.39, 0.29) is 0 Å². The van der Waals surface area contributed by atoms with Gasteiger partial charge in [0.25, 0.3) is 0 Å². The van der Waals surface area contributed by atoms with Crippen LogP contribution in [0, 0.1) is 0 Å². The zero-order valence-corrected chi connectivity index (χ0v) is 54.7. The number of rotatable bonds is 8. The van der Waals surface area contributed by atoms with E-state index in [1.807, 2.05) is 48.5 Å². The summed E-state index contributed by atoms with van der Waals surface area (Å²) in [4.78, 5) is 18.5. The van der Waals surface area contributed by atoms with Crippen LogP contribution in [0.3, 0.4) is 0 Å². The first kappa shape index (κ1) is 57.1. The highest BCUT2D eigenvalue weighted by molar-refractivity contribution is 6.20. The van der Waals surface area contributed by atoms with Crippen LogP contribution in [0.4, 0.5) is 0 Å². The molecular formula is C92H56N8O2. The Kier molecular flexibility index (Phi) is 12.8. The fourth-order valence-electron chi connectivity index (χ4n) is 16.1. The van der Waals surface area contributed by atoms with E-state index in [2.05, 4.69) is 312 Å². The Morgan fingerprint density at radius 1 is 0.216 bits per heavy atom. The molecule has 0 amide bonds. The Morgan fingerprint density at radius 2 is 0.569 bits per heavy atom. The molecule has 102 heavy (non-hydrogen) atoms. The molecule has 14 aromatic carbocycles. The maximum absolute atomic E-state index is 6.33. The first-order valence-electron chi connectivity index (χ1n) is 34.3. The van der Waals surface area contributed by atoms with Crippen LogP contribution < -0.4 is 0 Å². The monoisotopic (exact) mass is 1300 g/mol. The number of fused-ring (bicyclic) bond motifs is 18. The molecule has 0 bridgehead atoms. The summed E-state index contributed by atoms with van der Waals surface area (Å²) < 4.78 is 22.1. The Morgan fingerprint density at radius 3 is 1.07 bits per heavy atom. The first-order valence-corrected chi connectivity index (χ1v) is 34.3. The number of aromatic nitrogens is 8. The SMILES string of the molecule is c1ccc(-n2c3ccccc3c3ccc(-c4cccc5c4c4ccccc4n5-c4ccc(-c5ncnc6c5oc5ccccc56)cc4)cc32)cc1.c1ccc(-n2c3ccccc3c3ccc(-c4cccc5c4c4ccccc4n5-c4cccc(-c5ncnc6c5oc5ccccc56)c4)cc32)cc1. The Bertz CT molecular complexity index is 7130. The van der Waals surface area contributed by atoms with Gasteiger partial charge in [0, 0.05) is 87.7 Å². The van der Waals surface area contributed by atoms with Gasteiger partial charge in [-0.15, -0.1) is 0 Å². The van der Waals surface area contributed by atoms with Crippen molar-refractivity contribution in [1.82, 2.24) is 38.2 Å². The van der Waals surface area contributed by atoms with Gasteiger partial charge in [-0.1, -0.05) is 206 Å². The standard InChI is InChI=1S/2C46H28N4O/c1-2-13-31(14-3-1)49-38-20-7-4-16-34(38)35-25-24-29(27-41(35)49)33-19-11-22-40-43(33)36-17-5-8-21-39(36)50(40)32-15-10-12-30(26-32)44-46-45(48-28-47-44)37-18-6-9-23-42(37)51-46;1-2-11-31(12-3-1)50-38-17-7-4-13-34(38)35-26-23-30(27-41(35)50)33-16-10-19-40-43(33)36-14-5-8-18-39(36)49(40)32-24-21-29(22-25-32)44-46-45(48-28-47-44)37-15-6-9-20-42(37)51-46/h2*1-28H. The number of para-hydroxylation sites is 8. The number of hydrogen-bond acceptors (Lipinski definition) is 6. The summed E-state index contributed by atoms with van der Waals surface area (Å²) >= 11 is 0. The zero-order valence-electron chi connectivity index (χ0n) is 54.7. The average molecular weight is 1310 g/mol. The van der Waals surface area contributed by atoms with Crippen molar-refractivity contribution in [2.45, 2.75) is 0 Å².